The smallest absolute Gasteiger partial charge is 0.272 e. The Kier molecular flexibility index (Phi) is 5.95. The maximum absolute atomic E-state index is 12.5. The monoisotopic (exact) mass is 344 g/mol. The van der Waals surface area contributed by atoms with Gasteiger partial charge in [0.25, 0.3) is 11.5 Å². The summed E-state index contributed by atoms with van der Waals surface area (Å²) in [7, 11) is 4.03. The van der Waals surface area contributed by atoms with Gasteiger partial charge in [-0.1, -0.05) is 13.8 Å². The summed E-state index contributed by atoms with van der Waals surface area (Å²) in [5.74, 6) is 0.318. The minimum atomic E-state index is -0.122. The van der Waals surface area contributed by atoms with Crippen LogP contribution in [0.2, 0.25) is 0 Å². The van der Waals surface area contributed by atoms with Crippen molar-refractivity contribution in [2.24, 2.45) is 5.92 Å². The van der Waals surface area contributed by atoms with Gasteiger partial charge in [-0.15, -0.1) is 0 Å². The van der Waals surface area contributed by atoms with E-state index in [2.05, 4.69) is 29.0 Å². The fourth-order valence-electron chi connectivity index (χ4n) is 3.14. The number of nitrogens with one attached hydrogen (secondary N) is 1. The second-order valence-electron chi connectivity index (χ2n) is 6.94. The third-order valence-electron chi connectivity index (χ3n) is 4.59. The van der Waals surface area contributed by atoms with E-state index in [4.69, 9.17) is 0 Å². The second-order valence-corrected chi connectivity index (χ2v) is 6.94. The van der Waals surface area contributed by atoms with Crippen molar-refractivity contribution in [2.45, 2.75) is 40.3 Å². The molecule has 136 valence electrons. The molecule has 0 radical (unpaired) electrons. The molecule has 0 saturated heterocycles. The molecule has 6 heteroatoms. The summed E-state index contributed by atoms with van der Waals surface area (Å²) in [5, 5.41) is 3.00. The number of likely N-dealkylation sites (N-methyl/N-ethyl adjacent to an activating group) is 1. The van der Waals surface area contributed by atoms with Crippen molar-refractivity contribution in [2.75, 3.05) is 20.6 Å². The maximum atomic E-state index is 12.5. The Balaban J connectivity index is 2.28. The highest BCUT2D eigenvalue weighted by atomic mass is 16.1. The molecule has 0 unspecified atom stereocenters. The van der Waals surface area contributed by atoms with E-state index < -0.39 is 0 Å². The Morgan fingerprint density at radius 2 is 2.00 bits per heavy atom. The first kappa shape index (κ1) is 19.1. The van der Waals surface area contributed by atoms with Crippen molar-refractivity contribution in [1.82, 2.24) is 19.8 Å². The highest BCUT2D eigenvalue weighted by Crippen LogP contribution is 2.14. The number of nitrogens with zero attached hydrogens (tertiary/aromatic N) is 3. The maximum Gasteiger partial charge on any atom is 0.272 e. The largest absolute Gasteiger partial charge is 0.350 e. The minimum absolute atomic E-state index is 0.0852. The van der Waals surface area contributed by atoms with Crippen LogP contribution < -0.4 is 10.9 Å². The number of aromatic nitrogens is 2. The lowest BCUT2D eigenvalue weighted by Gasteiger charge is -2.28. The van der Waals surface area contributed by atoms with E-state index in [1.807, 2.05) is 21.0 Å². The molecule has 0 aliphatic carbocycles. The first-order valence-electron chi connectivity index (χ1n) is 8.72. The number of rotatable bonds is 6. The molecule has 0 spiro atoms. The molecule has 6 nitrogen and oxygen atoms in total. The van der Waals surface area contributed by atoms with Gasteiger partial charge in [0.05, 0.1) is 11.0 Å². The lowest BCUT2D eigenvalue weighted by Crippen LogP contribution is -2.43. The van der Waals surface area contributed by atoms with Crippen LogP contribution in [0.5, 0.6) is 0 Å². The Morgan fingerprint density at radius 1 is 1.32 bits per heavy atom. The molecule has 1 amide bonds. The third kappa shape index (κ3) is 4.07. The zero-order valence-corrected chi connectivity index (χ0v) is 16.0. The summed E-state index contributed by atoms with van der Waals surface area (Å²) in [6.45, 7) is 9.07. The number of aryl methyl sites for hydroxylation is 2. The van der Waals surface area contributed by atoms with Crippen LogP contribution in [0.3, 0.4) is 0 Å². The molecule has 1 heterocycles. The molecular weight excluding hydrogens is 316 g/mol. The van der Waals surface area contributed by atoms with Gasteiger partial charge in [-0.05, 0) is 52.1 Å². The quantitative estimate of drug-likeness (QED) is 0.871. The predicted octanol–water partition coefficient (Wildman–Crippen LogP) is 2.04. The number of carbonyl (C=O) groups excluding carboxylic acids is 1. The molecule has 0 aliphatic heterocycles. The molecule has 1 aromatic heterocycles. The zero-order chi connectivity index (χ0) is 18.7. The van der Waals surface area contributed by atoms with E-state index in [1.54, 1.807) is 29.7 Å². The molecule has 1 atom stereocenters. The number of hydrogen-bond donors (Lipinski definition) is 1. The molecule has 25 heavy (non-hydrogen) atoms. The normalized spacial score (nSPS) is 12.8. The van der Waals surface area contributed by atoms with Crippen LogP contribution in [-0.4, -0.2) is 47.0 Å². The van der Waals surface area contributed by atoms with Gasteiger partial charge in [0, 0.05) is 24.7 Å². The zero-order valence-electron chi connectivity index (χ0n) is 16.0. The number of amides is 1. The second kappa shape index (κ2) is 7.78. The van der Waals surface area contributed by atoms with E-state index in [-0.39, 0.29) is 17.5 Å². The van der Waals surface area contributed by atoms with E-state index in [0.29, 0.717) is 35.8 Å². The average molecular weight is 344 g/mol. The van der Waals surface area contributed by atoms with Gasteiger partial charge in [-0.2, -0.15) is 0 Å². The van der Waals surface area contributed by atoms with E-state index in [9.17, 15) is 9.59 Å². The summed E-state index contributed by atoms with van der Waals surface area (Å²) < 4.78 is 1.68. The van der Waals surface area contributed by atoms with Gasteiger partial charge in [0.2, 0.25) is 0 Å². The van der Waals surface area contributed by atoms with Gasteiger partial charge < -0.3 is 14.8 Å². The summed E-state index contributed by atoms with van der Waals surface area (Å²) in [6, 6.07) is 5.58. The van der Waals surface area contributed by atoms with Crippen LogP contribution >= 0.6 is 0 Å². The number of benzene rings is 1. The lowest BCUT2D eigenvalue weighted by atomic mass is 10.0. The van der Waals surface area contributed by atoms with Crippen LogP contribution in [0.4, 0.5) is 0 Å². The molecular formula is C19H28N4O2. The van der Waals surface area contributed by atoms with Crippen molar-refractivity contribution < 1.29 is 4.79 Å². The van der Waals surface area contributed by atoms with Crippen molar-refractivity contribution in [3.63, 3.8) is 0 Å². The third-order valence-corrected chi connectivity index (χ3v) is 4.59. The summed E-state index contributed by atoms with van der Waals surface area (Å²) >= 11 is 0. The SMILES string of the molecule is CCn1c(=O)c(C)nc2cc(C(=O)NC[C@@H](C(C)C)N(C)C)ccc21. The van der Waals surface area contributed by atoms with Crippen LogP contribution in [-0.2, 0) is 6.54 Å². The predicted molar refractivity (Wildman–Crippen MR) is 101 cm³/mol. The van der Waals surface area contributed by atoms with Crippen LogP contribution in [0, 0.1) is 12.8 Å². The molecule has 0 bridgehead atoms. The summed E-state index contributed by atoms with van der Waals surface area (Å²) in [5.41, 5.74) is 2.34. The van der Waals surface area contributed by atoms with Gasteiger partial charge in [-0.3, -0.25) is 9.59 Å². The Bertz CT molecular complexity index is 816. The van der Waals surface area contributed by atoms with Gasteiger partial charge in [-0.25, -0.2) is 4.98 Å². The van der Waals surface area contributed by atoms with Crippen LogP contribution in [0.25, 0.3) is 11.0 Å². The molecule has 2 aromatic rings. The van der Waals surface area contributed by atoms with Gasteiger partial charge in [0.15, 0.2) is 0 Å². The lowest BCUT2D eigenvalue weighted by molar-refractivity contribution is 0.0935. The molecule has 0 aliphatic rings. The highest BCUT2D eigenvalue weighted by molar-refractivity contribution is 5.97. The Hall–Kier alpha value is -2.21. The first-order valence-corrected chi connectivity index (χ1v) is 8.72. The van der Waals surface area contributed by atoms with Crippen molar-refractivity contribution >= 4 is 16.9 Å². The minimum Gasteiger partial charge on any atom is -0.350 e. The molecule has 0 fully saturated rings. The number of hydrogen-bond acceptors (Lipinski definition) is 4. The first-order chi connectivity index (χ1) is 11.8. The highest BCUT2D eigenvalue weighted by Gasteiger charge is 2.17. The molecule has 2 rings (SSSR count). The average Bonchev–Trinajstić information content (AvgIpc) is 2.55. The summed E-state index contributed by atoms with van der Waals surface area (Å²) in [6.07, 6.45) is 0. The van der Waals surface area contributed by atoms with E-state index in [0.717, 1.165) is 5.52 Å². The standard InChI is InChI=1S/C19H28N4O2/c1-7-23-16-9-8-14(10-15(16)21-13(4)19(23)25)18(24)20-11-17(12(2)3)22(5)6/h8-10,12,17H,7,11H2,1-6H3,(H,20,24)/t17-/m0/s1. The fourth-order valence-corrected chi connectivity index (χ4v) is 3.14. The Labute approximate surface area is 148 Å². The topological polar surface area (TPSA) is 67.2 Å². The van der Waals surface area contributed by atoms with Gasteiger partial charge >= 0.3 is 0 Å². The van der Waals surface area contributed by atoms with Crippen LogP contribution in [0.1, 0.15) is 36.8 Å². The molecule has 1 N–H and O–H groups in total. The fraction of sp³-hybridized carbons (Fsp3) is 0.526. The molecule has 1 aromatic carbocycles. The van der Waals surface area contributed by atoms with Crippen molar-refractivity contribution in [1.29, 1.82) is 0 Å². The van der Waals surface area contributed by atoms with Crippen LogP contribution in [0.15, 0.2) is 23.0 Å². The van der Waals surface area contributed by atoms with Gasteiger partial charge in [0.1, 0.15) is 5.69 Å². The summed E-state index contributed by atoms with van der Waals surface area (Å²) in [4.78, 5) is 31.2. The van der Waals surface area contributed by atoms with E-state index in [1.165, 1.54) is 0 Å². The van der Waals surface area contributed by atoms with Crippen molar-refractivity contribution in [3.05, 3.63) is 39.8 Å². The van der Waals surface area contributed by atoms with E-state index >= 15 is 0 Å². The van der Waals surface area contributed by atoms with Crippen molar-refractivity contribution in [3.8, 4) is 0 Å². The molecule has 0 saturated carbocycles. The number of fused-ring (bicyclic) bond motifs is 1. The number of carbonyl (C=O) groups is 1. The Morgan fingerprint density at radius 3 is 2.56 bits per heavy atom.